The molecular weight excluding hydrogens is 222 g/mol. The molecule has 0 radical (unpaired) electrons. The lowest BCUT2D eigenvalue weighted by Gasteiger charge is -2.20. The van der Waals surface area contributed by atoms with E-state index in [9.17, 15) is 0 Å². The van der Waals surface area contributed by atoms with Crippen LogP contribution in [-0.2, 0) is 0 Å². The van der Waals surface area contributed by atoms with Crippen LogP contribution in [0.5, 0.6) is 5.75 Å². The van der Waals surface area contributed by atoms with Crippen LogP contribution in [0.3, 0.4) is 0 Å². The smallest absolute Gasteiger partial charge is 0.124 e. The normalized spacial score (nSPS) is 12.4. The first-order valence-electron chi connectivity index (χ1n) is 7.28. The van der Waals surface area contributed by atoms with Crippen molar-refractivity contribution in [1.82, 2.24) is 5.32 Å². The Kier molecular flexibility index (Phi) is 7.51. The third kappa shape index (κ3) is 4.69. The molecule has 0 fully saturated rings. The second-order valence-electron chi connectivity index (χ2n) is 4.61. The highest BCUT2D eigenvalue weighted by Crippen LogP contribution is 2.27. The van der Waals surface area contributed by atoms with Crippen molar-refractivity contribution in [1.29, 1.82) is 0 Å². The van der Waals surface area contributed by atoms with Gasteiger partial charge in [-0.1, -0.05) is 51.8 Å². The van der Waals surface area contributed by atoms with Gasteiger partial charge in [0.15, 0.2) is 0 Å². The first-order valence-corrected chi connectivity index (χ1v) is 7.28. The van der Waals surface area contributed by atoms with Crippen molar-refractivity contribution in [3.05, 3.63) is 29.8 Å². The number of rotatable bonds is 9. The third-order valence-electron chi connectivity index (χ3n) is 3.16. The number of ether oxygens (including phenoxy) is 1. The van der Waals surface area contributed by atoms with Gasteiger partial charge in [0.2, 0.25) is 0 Å². The molecule has 0 aromatic heterocycles. The van der Waals surface area contributed by atoms with Crippen LogP contribution >= 0.6 is 0 Å². The predicted molar refractivity (Wildman–Crippen MR) is 78.2 cm³/mol. The summed E-state index contributed by atoms with van der Waals surface area (Å²) >= 11 is 0. The van der Waals surface area contributed by atoms with Crippen molar-refractivity contribution in [3.63, 3.8) is 0 Å². The fourth-order valence-corrected chi connectivity index (χ4v) is 2.15. The molecule has 0 saturated heterocycles. The van der Waals surface area contributed by atoms with Crippen molar-refractivity contribution in [2.45, 2.75) is 52.5 Å². The number of hydrogen-bond donors (Lipinski definition) is 1. The second-order valence-corrected chi connectivity index (χ2v) is 4.61. The Bertz CT molecular complexity index is 325. The summed E-state index contributed by atoms with van der Waals surface area (Å²) in [6.07, 6.45) is 4.71. The average molecular weight is 249 g/mol. The molecule has 0 spiro atoms. The van der Waals surface area contributed by atoms with Crippen molar-refractivity contribution < 1.29 is 4.74 Å². The molecule has 18 heavy (non-hydrogen) atoms. The molecule has 0 aliphatic rings. The molecule has 102 valence electrons. The summed E-state index contributed by atoms with van der Waals surface area (Å²) in [5.74, 6) is 1.04. The van der Waals surface area contributed by atoms with Gasteiger partial charge in [-0.15, -0.1) is 0 Å². The van der Waals surface area contributed by atoms with E-state index in [-0.39, 0.29) is 0 Å². The zero-order valence-electron chi connectivity index (χ0n) is 12.0. The molecule has 0 saturated carbocycles. The highest BCUT2D eigenvalue weighted by molar-refractivity contribution is 5.35. The van der Waals surface area contributed by atoms with Crippen LogP contribution in [0.2, 0.25) is 0 Å². The van der Waals surface area contributed by atoms with E-state index in [2.05, 4.69) is 50.4 Å². The first-order chi connectivity index (χ1) is 8.83. The van der Waals surface area contributed by atoms with Gasteiger partial charge in [-0.25, -0.2) is 0 Å². The van der Waals surface area contributed by atoms with Gasteiger partial charge in [0.05, 0.1) is 6.61 Å². The van der Waals surface area contributed by atoms with E-state index in [0.29, 0.717) is 6.04 Å². The maximum Gasteiger partial charge on any atom is 0.124 e. The summed E-state index contributed by atoms with van der Waals surface area (Å²) in [6, 6.07) is 8.80. The Labute approximate surface area is 112 Å². The molecule has 1 N–H and O–H groups in total. The molecular formula is C16H27NO. The highest BCUT2D eigenvalue weighted by Gasteiger charge is 2.12. The fraction of sp³-hybridized carbons (Fsp3) is 0.625. The summed E-state index contributed by atoms with van der Waals surface area (Å²) in [5, 5.41) is 3.51. The van der Waals surface area contributed by atoms with Gasteiger partial charge in [-0.2, -0.15) is 0 Å². The summed E-state index contributed by atoms with van der Waals surface area (Å²) in [6.45, 7) is 8.39. The predicted octanol–water partition coefficient (Wildman–Crippen LogP) is 4.32. The minimum absolute atomic E-state index is 0.400. The largest absolute Gasteiger partial charge is 0.493 e. The summed E-state index contributed by atoms with van der Waals surface area (Å²) in [5.41, 5.74) is 1.29. The number of nitrogens with one attached hydrogen (secondary N) is 1. The maximum atomic E-state index is 5.93. The number of benzene rings is 1. The second kappa shape index (κ2) is 8.98. The molecule has 1 atom stereocenters. The fourth-order valence-electron chi connectivity index (χ4n) is 2.15. The molecule has 1 aromatic rings. The first kappa shape index (κ1) is 15.0. The van der Waals surface area contributed by atoms with Gasteiger partial charge in [0, 0.05) is 11.6 Å². The summed E-state index contributed by atoms with van der Waals surface area (Å²) in [4.78, 5) is 0. The minimum Gasteiger partial charge on any atom is -0.493 e. The SMILES string of the molecule is CCCCCOc1ccccc1C(CC)NCC. The van der Waals surface area contributed by atoms with Gasteiger partial charge >= 0.3 is 0 Å². The number of unbranched alkanes of at least 4 members (excludes halogenated alkanes) is 2. The third-order valence-corrected chi connectivity index (χ3v) is 3.16. The van der Waals surface area contributed by atoms with Crippen LogP contribution in [0, 0.1) is 0 Å². The zero-order chi connectivity index (χ0) is 13.2. The molecule has 2 heteroatoms. The molecule has 2 nitrogen and oxygen atoms in total. The van der Waals surface area contributed by atoms with Gasteiger partial charge < -0.3 is 10.1 Å². The van der Waals surface area contributed by atoms with Crippen molar-refractivity contribution in [3.8, 4) is 5.75 Å². The molecule has 1 aromatic carbocycles. The average Bonchev–Trinajstić information content (AvgIpc) is 2.42. The van der Waals surface area contributed by atoms with Crippen LogP contribution in [0.4, 0.5) is 0 Å². The molecule has 0 heterocycles. The summed E-state index contributed by atoms with van der Waals surface area (Å²) in [7, 11) is 0. The maximum absolute atomic E-state index is 5.93. The molecule has 0 bridgehead atoms. The van der Waals surface area contributed by atoms with E-state index in [1.54, 1.807) is 0 Å². The standard InChI is InChI=1S/C16H27NO/c1-4-7-10-13-18-16-12-9-8-11-14(16)15(5-2)17-6-3/h8-9,11-12,15,17H,4-7,10,13H2,1-3H3. The van der Waals surface area contributed by atoms with E-state index in [1.165, 1.54) is 18.4 Å². The molecule has 0 aliphatic heterocycles. The molecule has 0 aliphatic carbocycles. The van der Waals surface area contributed by atoms with Crippen LogP contribution < -0.4 is 10.1 Å². The Morgan fingerprint density at radius 3 is 2.56 bits per heavy atom. The lowest BCUT2D eigenvalue weighted by molar-refractivity contribution is 0.299. The minimum atomic E-state index is 0.400. The quantitative estimate of drug-likeness (QED) is 0.658. The Morgan fingerprint density at radius 2 is 1.89 bits per heavy atom. The zero-order valence-corrected chi connectivity index (χ0v) is 12.0. The number of hydrogen-bond acceptors (Lipinski definition) is 2. The van der Waals surface area contributed by atoms with Gasteiger partial charge in [-0.3, -0.25) is 0 Å². The Hall–Kier alpha value is -1.02. The van der Waals surface area contributed by atoms with E-state index >= 15 is 0 Å². The van der Waals surface area contributed by atoms with E-state index < -0.39 is 0 Å². The van der Waals surface area contributed by atoms with Crippen LogP contribution in [0.1, 0.15) is 58.1 Å². The van der Waals surface area contributed by atoms with Gasteiger partial charge in [0.1, 0.15) is 5.75 Å². The van der Waals surface area contributed by atoms with Crippen molar-refractivity contribution in [2.24, 2.45) is 0 Å². The van der Waals surface area contributed by atoms with Crippen LogP contribution in [0.15, 0.2) is 24.3 Å². The van der Waals surface area contributed by atoms with E-state index in [1.807, 2.05) is 0 Å². The molecule has 1 rings (SSSR count). The van der Waals surface area contributed by atoms with E-state index in [0.717, 1.165) is 31.7 Å². The topological polar surface area (TPSA) is 21.3 Å². The monoisotopic (exact) mass is 249 g/mol. The lowest BCUT2D eigenvalue weighted by Crippen LogP contribution is -2.20. The van der Waals surface area contributed by atoms with Crippen molar-refractivity contribution in [2.75, 3.05) is 13.2 Å². The highest BCUT2D eigenvalue weighted by atomic mass is 16.5. The Balaban J connectivity index is 2.65. The lowest BCUT2D eigenvalue weighted by atomic mass is 10.0. The Morgan fingerprint density at radius 1 is 1.11 bits per heavy atom. The number of para-hydroxylation sites is 1. The van der Waals surface area contributed by atoms with E-state index in [4.69, 9.17) is 4.74 Å². The summed E-state index contributed by atoms with van der Waals surface area (Å²) < 4.78 is 5.93. The van der Waals surface area contributed by atoms with Gasteiger partial charge in [0.25, 0.3) is 0 Å². The van der Waals surface area contributed by atoms with Crippen LogP contribution in [0.25, 0.3) is 0 Å². The van der Waals surface area contributed by atoms with Crippen molar-refractivity contribution >= 4 is 0 Å². The molecule has 0 amide bonds. The van der Waals surface area contributed by atoms with Gasteiger partial charge in [-0.05, 0) is 25.5 Å². The van der Waals surface area contributed by atoms with Crippen LogP contribution in [-0.4, -0.2) is 13.2 Å². The molecule has 1 unspecified atom stereocenters.